The van der Waals surface area contributed by atoms with Crippen LogP contribution in [0.25, 0.3) is 11.0 Å². The Hall–Kier alpha value is -3.02. The SMILES string of the molecule is COc1ccc(C2(C(=O)NCc3ccc4nc[nH]c4c3)CCCC2)cc1OC. The van der Waals surface area contributed by atoms with Crippen molar-refractivity contribution in [1.29, 1.82) is 0 Å². The zero-order valence-electron chi connectivity index (χ0n) is 16.2. The van der Waals surface area contributed by atoms with Crippen LogP contribution in [-0.2, 0) is 16.8 Å². The van der Waals surface area contributed by atoms with Gasteiger partial charge in [-0.25, -0.2) is 4.98 Å². The number of ether oxygens (including phenoxy) is 2. The lowest BCUT2D eigenvalue weighted by Crippen LogP contribution is -2.42. The number of methoxy groups -OCH3 is 2. The first-order valence-corrected chi connectivity index (χ1v) is 9.59. The minimum Gasteiger partial charge on any atom is -0.493 e. The van der Waals surface area contributed by atoms with Crippen molar-refractivity contribution in [2.24, 2.45) is 0 Å². The zero-order valence-corrected chi connectivity index (χ0v) is 16.2. The fraction of sp³-hybridized carbons (Fsp3) is 0.364. The second-order valence-corrected chi connectivity index (χ2v) is 7.30. The summed E-state index contributed by atoms with van der Waals surface area (Å²) in [6.07, 6.45) is 5.45. The molecule has 1 aliphatic carbocycles. The maximum absolute atomic E-state index is 13.3. The van der Waals surface area contributed by atoms with Gasteiger partial charge in [-0.15, -0.1) is 0 Å². The van der Waals surface area contributed by atoms with Crippen LogP contribution >= 0.6 is 0 Å². The number of nitrogens with one attached hydrogen (secondary N) is 2. The van der Waals surface area contributed by atoms with Gasteiger partial charge in [0.15, 0.2) is 11.5 Å². The van der Waals surface area contributed by atoms with Crippen molar-refractivity contribution in [3.63, 3.8) is 0 Å². The van der Waals surface area contributed by atoms with E-state index in [1.807, 2.05) is 36.4 Å². The third kappa shape index (κ3) is 3.19. The smallest absolute Gasteiger partial charge is 0.230 e. The molecule has 0 saturated heterocycles. The highest BCUT2D eigenvalue weighted by atomic mass is 16.5. The van der Waals surface area contributed by atoms with Gasteiger partial charge >= 0.3 is 0 Å². The van der Waals surface area contributed by atoms with Crippen molar-refractivity contribution < 1.29 is 14.3 Å². The average Bonchev–Trinajstić information content (AvgIpc) is 3.41. The first kappa shape index (κ1) is 18.3. The molecule has 28 heavy (non-hydrogen) atoms. The highest BCUT2D eigenvalue weighted by Crippen LogP contribution is 2.44. The molecule has 0 radical (unpaired) electrons. The third-order valence-corrected chi connectivity index (χ3v) is 5.77. The van der Waals surface area contributed by atoms with Crippen LogP contribution in [0.5, 0.6) is 11.5 Å². The number of amides is 1. The molecule has 146 valence electrons. The van der Waals surface area contributed by atoms with Crippen LogP contribution in [0.15, 0.2) is 42.7 Å². The minimum atomic E-state index is -0.516. The lowest BCUT2D eigenvalue weighted by atomic mass is 9.77. The lowest BCUT2D eigenvalue weighted by molar-refractivity contribution is -0.126. The molecule has 1 aliphatic rings. The molecule has 0 aliphatic heterocycles. The van der Waals surface area contributed by atoms with E-state index in [0.29, 0.717) is 18.0 Å². The molecule has 6 nitrogen and oxygen atoms in total. The van der Waals surface area contributed by atoms with Crippen LogP contribution in [0.4, 0.5) is 0 Å². The molecule has 1 amide bonds. The highest BCUT2D eigenvalue weighted by molar-refractivity contribution is 5.89. The molecular weight excluding hydrogens is 354 g/mol. The van der Waals surface area contributed by atoms with Gasteiger partial charge in [0.05, 0.1) is 37.0 Å². The number of hydrogen-bond acceptors (Lipinski definition) is 4. The highest BCUT2D eigenvalue weighted by Gasteiger charge is 2.43. The number of benzene rings is 2. The number of imidazole rings is 1. The normalized spacial score (nSPS) is 15.5. The van der Waals surface area contributed by atoms with E-state index in [0.717, 1.165) is 47.8 Å². The van der Waals surface area contributed by atoms with Crippen molar-refractivity contribution in [3.05, 3.63) is 53.9 Å². The number of hydrogen-bond donors (Lipinski definition) is 2. The van der Waals surface area contributed by atoms with Gasteiger partial charge in [-0.1, -0.05) is 25.0 Å². The number of aromatic amines is 1. The van der Waals surface area contributed by atoms with Crippen LogP contribution in [0.2, 0.25) is 0 Å². The summed E-state index contributed by atoms with van der Waals surface area (Å²) in [6, 6.07) is 11.8. The molecule has 2 aromatic carbocycles. The summed E-state index contributed by atoms with van der Waals surface area (Å²) in [6.45, 7) is 0.489. The monoisotopic (exact) mass is 379 g/mol. The first-order chi connectivity index (χ1) is 13.7. The van der Waals surface area contributed by atoms with E-state index < -0.39 is 5.41 Å². The van der Waals surface area contributed by atoms with E-state index in [4.69, 9.17) is 9.47 Å². The number of aromatic nitrogens is 2. The van der Waals surface area contributed by atoms with Crippen LogP contribution < -0.4 is 14.8 Å². The number of carbonyl (C=O) groups is 1. The number of rotatable bonds is 6. The molecular formula is C22H25N3O3. The molecule has 0 unspecified atom stereocenters. The number of fused-ring (bicyclic) bond motifs is 1. The second-order valence-electron chi connectivity index (χ2n) is 7.30. The molecule has 1 aromatic heterocycles. The first-order valence-electron chi connectivity index (χ1n) is 9.59. The Morgan fingerprint density at radius 2 is 1.89 bits per heavy atom. The molecule has 1 fully saturated rings. The van der Waals surface area contributed by atoms with E-state index in [1.54, 1.807) is 20.5 Å². The largest absolute Gasteiger partial charge is 0.493 e. The van der Waals surface area contributed by atoms with Gasteiger partial charge in [0.25, 0.3) is 0 Å². The van der Waals surface area contributed by atoms with Gasteiger partial charge in [-0.3, -0.25) is 4.79 Å². The summed E-state index contributed by atoms with van der Waals surface area (Å²) >= 11 is 0. The molecule has 0 atom stereocenters. The van der Waals surface area contributed by atoms with Gasteiger partial charge in [-0.2, -0.15) is 0 Å². The van der Waals surface area contributed by atoms with Gasteiger partial charge in [0.1, 0.15) is 0 Å². The predicted molar refractivity (Wildman–Crippen MR) is 108 cm³/mol. The maximum Gasteiger partial charge on any atom is 0.230 e. The quantitative estimate of drug-likeness (QED) is 0.685. The fourth-order valence-electron chi connectivity index (χ4n) is 4.20. The predicted octanol–water partition coefficient (Wildman–Crippen LogP) is 3.71. The summed E-state index contributed by atoms with van der Waals surface area (Å²) in [5, 5.41) is 3.16. The summed E-state index contributed by atoms with van der Waals surface area (Å²) in [7, 11) is 3.24. The van der Waals surface area contributed by atoms with E-state index in [2.05, 4.69) is 15.3 Å². The summed E-state index contributed by atoms with van der Waals surface area (Å²) in [5.74, 6) is 1.40. The van der Waals surface area contributed by atoms with E-state index in [1.165, 1.54) is 0 Å². The Morgan fingerprint density at radius 3 is 2.64 bits per heavy atom. The molecule has 0 bridgehead atoms. The molecule has 2 N–H and O–H groups in total. The number of carbonyl (C=O) groups excluding carboxylic acids is 1. The van der Waals surface area contributed by atoms with Crippen LogP contribution in [0, 0.1) is 0 Å². The van der Waals surface area contributed by atoms with E-state index >= 15 is 0 Å². The van der Waals surface area contributed by atoms with Crippen LogP contribution in [0.3, 0.4) is 0 Å². The molecule has 1 heterocycles. The van der Waals surface area contributed by atoms with Crippen molar-refractivity contribution in [1.82, 2.24) is 15.3 Å². The molecule has 3 aromatic rings. The van der Waals surface area contributed by atoms with Crippen molar-refractivity contribution in [2.45, 2.75) is 37.6 Å². The van der Waals surface area contributed by atoms with Gasteiger partial charge in [-0.05, 0) is 48.2 Å². The molecule has 1 saturated carbocycles. The Bertz CT molecular complexity index is 990. The van der Waals surface area contributed by atoms with Crippen molar-refractivity contribution >= 4 is 16.9 Å². The van der Waals surface area contributed by atoms with Crippen LogP contribution in [0.1, 0.15) is 36.8 Å². The second kappa shape index (κ2) is 7.54. The average molecular weight is 379 g/mol. The third-order valence-electron chi connectivity index (χ3n) is 5.77. The zero-order chi connectivity index (χ0) is 19.6. The summed E-state index contributed by atoms with van der Waals surface area (Å²) in [4.78, 5) is 20.6. The van der Waals surface area contributed by atoms with Gasteiger partial charge in [0.2, 0.25) is 5.91 Å². The van der Waals surface area contributed by atoms with Crippen LogP contribution in [-0.4, -0.2) is 30.1 Å². The standard InChI is InChI=1S/C22H25N3O3/c1-27-19-8-6-16(12-20(19)28-2)22(9-3-4-10-22)21(26)23-13-15-5-7-17-18(11-15)25-14-24-17/h5-8,11-12,14H,3-4,9-10,13H2,1-2H3,(H,23,26)(H,24,25). The Morgan fingerprint density at radius 1 is 1.11 bits per heavy atom. The molecule has 4 rings (SSSR count). The van der Waals surface area contributed by atoms with Crippen molar-refractivity contribution in [3.8, 4) is 11.5 Å². The topological polar surface area (TPSA) is 76.2 Å². The Kier molecular flexibility index (Phi) is 4.94. The number of nitrogens with zero attached hydrogens (tertiary/aromatic N) is 1. The lowest BCUT2D eigenvalue weighted by Gasteiger charge is -2.29. The van der Waals surface area contributed by atoms with Gasteiger partial charge in [0, 0.05) is 6.54 Å². The molecule has 0 spiro atoms. The van der Waals surface area contributed by atoms with Crippen molar-refractivity contribution in [2.75, 3.05) is 14.2 Å². The summed E-state index contributed by atoms with van der Waals surface area (Å²) < 4.78 is 10.8. The minimum absolute atomic E-state index is 0.0712. The van der Waals surface area contributed by atoms with E-state index in [-0.39, 0.29) is 5.91 Å². The molecule has 6 heteroatoms. The fourth-order valence-corrected chi connectivity index (χ4v) is 4.20. The van der Waals surface area contributed by atoms with Gasteiger partial charge < -0.3 is 19.8 Å². The van der Waals surface area contributed by atoms with E-state index in [9.17, 15) is 4.79 Å². The summed E-state index contributed by atoms with van der Waals surface area (Å²) in [5.41, 5.74) is 3.42. The Balaban J connectivity index is 1.57. The maximum atomic E-state index is 13.3. The Labute approximate surface area is 164 Å². The number of H-pyrrole nitrogens is 1.